The quantitative estimate of drug-likeness (QED) is 0.563. The summed E-state index contributed by atoms with van der Waals surface area (Å²) in [4.78, 5) is 23.4. The molecule has 0 radical (unpaired) electrons. The van der Waals surface area contributed by atoms with E-state index in [1.807, 2.05) is 0 Å². The lowest BCUT2D eigenvalue weighted by Crippen LogP contribution is -2.22. The van der Waals surface area contributed by atoms with Crippen LogP contribution in [0.3, 0.4) is 0 Å². The molecule has 0 amide bonds. The van der Waals surface area contributed by atoms with Crippen molar-refractivity contribution in [3.05, 3.63) is 44.4 Å². The SMILES string of the molecule is CC(C)(C)CC(OCCOCCC(C)(C)Cc1co[nH]c1=O)c1co[nH]c1=O. The van der Waals surface area contributed by atoms with Gasteiger partial charge in [0, 0.05) is 6.61 Å². The Hall–Kier alpha value is -2.06. The first-order valence-corrected chi connectivity index (χ1v) is 9.58. The summed E-state index contributed by atoms with van der Waals surface area (Å²) in [7, 11) is 0. The number of aromatic amines is 2. The van der Waals surface area contributed by atoms with E-state index >= 15 is 0 Å². The van der Waals surface area contributed by atoms with Crippen LogP contribution in [0.1, 0.15) is 64.7 Å². The van der Waals surface area contributed by atoms with Gasteiger partial charge in [-0.3, -0.25) is 9.59 Å². The molecular formula is C20H32N2O6. The molecule has 2 heterocycles. The van der Waals surface area contributed by atoms with Crippen molar-refractivity contribution in [3.63, 3.8) is 0 Å². The van der Waals surface area contributed by atoms with Gasteiger partial charge in [0.25, 0.3) is 11.1 Å². The highest BCUT2D eigenvalue weighted by Gasteiger charge is 2.25. The molecule has 0 aliphatic heterocycles. The van der Waals surface area contributed by atoms with Crippen molar-refractivity contribution in [2.24, 2.45) is 10.8 Å². The maximum Gasteiger partial charge on any atom is 0.285 e. The number of hydrogen-bond acceptors (Lipinski definition) is 6. The molecule has 0 bridgehead atoms. The molecule has 0 saturated heterocycles. The molecule has 2 N–H and O–H groups in total. The molecule has 2 rings (SSSR count). The van der Waals surface area contributed by atoms with Gasteiger partial charge in [-0.2, -0.15) is 10.3 Å². The van der Waals surface area contributed by atoms with Crippen LogP contribution in [0.2, 0.25) is 0 Å². The molecule has 0 aromatic carbocycles. The highest BCUT2D eigenvalue weighted by molar-refractivity contribution is 5.07. The Morgan fingerprint density at radius 2 is 1.64 bits per heavy atom. The maximum atomic E-state index is 11.9. The number of H-pyrrole nitrogens is 2. The predicted octanol–water partition coefficient (Wildman–Crippen LogP) is 3.42. The molecule has 8 nitrogen and oxygen atoms in total. The summed E-state index contributed by atoms with van der Waals surface area (Å²) < 4.78 is 21.3. The third-order valence-corrected chi connectivity index (χ3v) is 4.53. The summed E-state index contributed by atoms with van der Waals surface area (Å²) in [6.45, 7) is 11.8. The van der Waals surface area contributed by atoms with Crippen LogP contribution in [0.5, 0.6) is 0 Å². The zero-order valence-electron chi connectivity index (χ0n) is 17.4. The van der Waals surface area contributed by atoms with Crippen LogP contribution in [-0.4, -0.2) is 30.1 Å². The minimum atomic E-state index is -0.338. The van der Waals surface area contributed by atoms with Crippen LogP contribution < -0.4 is 11.1 Å². The summed E-state index contributed by atoms with van der Waals surface area (Å²) in [6.07, 6.45) is 4.66. The zero-order valence-corrected chi connectivity index (χ0v) is 17.4. The molecule has 0 aliphatic carbocycles. The highest BCUT2D eigenvalue weighted by atomic mass is 16.5. The molecule has 8 heteroatoms. The topological polar surface area (TPSA) is 110 Å². The van der Waals surface area contributed by atoms with Gasteiger partial charge in [-0.1, -0.05) is 34.6 Å². The molecule has 158 valence electrons. The van der Waals surface area contributed by atoms with Gasteiger partial charge >= 0.3 is 0 Å². The first-order valence-electron chi connectivity index (χ1n) is 9.58. The number of ether oxygens (including phenoxy) is 2. The molecule has 0 aliphatic rings. The molecule has 28 heavy (non-hydrogen) atoms. The van der Waals surface area contributed by atoms with Gasteiger partial charge in [0.2, 0.25) is 0 Å². The zero-order chi connectivity index (χ0) is 20.8. The standard InChI is InChI=1S/C20H32N2O6/c1-19(2,3)11-16(15-13-28-22-18(15)24)26-9-8-25-7-6-20(4,5)10-14-12-27-21-17(14)23/h12-13,16H,6-11H2,1-5H3,(H,21,23)(H,22,24). The average Bonchev–Trinajstić information content (AvgIpc) is 3.17. The van der Waals surface area contributed by atoms with E-state index in [0.29, 0.717) is 43.8 Å². The summed E-state index contributed by atoms with van der Waals surface area (Å²) in [5.41, 5.74) is 0.624. The Labute approximate surface area is 164 Å². The van der Waals surface area contributed by atoms with Gasteiger partial charge in [-0.05, 0) is 30.1 Å². The fourth-order valence-electron chi connectivity index (χ4n) is 2.99. The number of nitrogens with one attached hydrogen (secondary N) is 2. The Bertz CT molecular complexity index is 820. The first kappa shape index (κ1) is 22.2. The van der Waals surface area contributed by atoms with Crippen LogP contribution in [0.15, 0.2) is 31.2 Å². The Morgan fingerprint density at radius 3 is 2.21 bits per heavy atom. The van der Waals surface area contributed by atoms with E-state index < -0.39 is 0 Å². The van der Waals surface area contributed by atoms with E-state index in [1.54, 1.807) is 0 Å². The molecule has 1 atom stereocenters. The van der Waals surface area contributed by atoms with Gasteiger partial charge in [0.1, 0.15) is 12.5 Å². The van der Waals surface area contributed by atoms with E-state index in [0.717, 1.165) is 6.42 Å². The van der Waals surface area contributed by atoms with Gasteiger partial charge in [0.05, 0.1) is 30.4 Å². The van der Waals surface area contributed by atoms with Crippen LogP contribution in [0.4, 0.5) is 0 Å². The molecule has 0 fully saturated rings. The van der Waals surface area contributed by atoms with Crippen molar-refractivity contribution in [1.82, 2.24) is 10.3 Å². The van der Waals surface area contributed by atoms with Crippen LogP contribution in [0, 0.1) is 10.8 Å². The third-order valence-electron chi connectivity index (χ3n) is 4.53. The van der Waals surface area contributed by atoms with Gasteiger partial charge in [-0.25, -0.2) is 0 Å². The van der Waals surface area contributed by atoms with Crippen molar-refractivity contribution in [3.8, 4) is 0 Å². The van der Waals surface area contributed by atoms with E-state index in [-0.39, 0.29) is 28.1 Å². The van der Waals surface area contributed by atoms with Gasteiger partial charge in [0.15, 0.2) is 0 Å². The summed E-state index contributed by atoms with van der Waals surface area (Å²) in [5.74, 6) is 0. The van der Waals surface area contributed by atoms with Crippen molar-refractivity contribution in [2.75, 3.05) is 19.8 Å². The largest absolute Gasteiger partial charge is 0.387 e. The number of aromatic nitrogens is 2. The molecular weight excluding hydrogens is 364 g/mol. The molecule has 2 aromatic rings. The van der Waals surface area contributed by atoms with Crippen LogP contribution >= 0.6 is 0 Å². The smallest absolute Gasteiger partial charge is 0.285 e. The number of rotatable bonds is 11. The van der Waals surface area contributed by atoms with E-state index in [2.05, 4.69) is 44.9 Å². The third kappa shape index (κ3) is 7.16. The highest BCUT2D eigenvalue weighted by Crippen LogP contribution is 2.30. The molecule has 0 spiro atoms. The van der Waals surface area contributed by atoms with Crippen molar-refractivity contribution in [1.29, 1.82) is 0 Å². The summed E-state index contributed by atoms with van der Waals surface area (Å²) in [5, 5.41) is 4.62. The second kappa shape index (κ2) is 9.43. The Balaban J connectivity index is 1.74. The molecule has 1 unspecified atom stereocenters. The molecule has 0 saturated carbocycles. The lowest BCUT2D eigenvalue weighted by molar-refractivity contribution is -0.0171. The minimum Gasteiger partial charge on any atom is -0.387 e. The fraction of sp³-hybridized carbons (Fsp3) is 0.700. The van der Waals surface area contributed by atoms with E-state index in [4.69, 9.17) is 18.5 Å². The lowest BCUT2D eigenvalue weighted by Gasteiger charge is -2.25. The minimum absolute atomic E-state index is 0.00415. The van der Waals surface area contributed by atoms with E-state index in [1.165, 1.54) is 12.5 Å². The first-order chi connectivity index (χ1) is 13.1. The average molecular weight is 396 g/mol. The van der Waals surface area contributed by atoms with Crippen molar-refractivity contribution in [2.45, 2.75) is 60.0 Å². The van der Waals surface area contributed by atoms with Crippen molar-refractivity contribution < 1.29 is 18.5 Å². The summed E-state index contributed by atoms with van der Waals surface area (Å²) in [6, 6.07) is 0. The summed E-state index contributed by atoms with van der Waals surface area (Å²) >= 11 is 0. The molecule has 2 aromatic heterocycles. The van der Waals surface area contributed by atoms with Crippen molar-refractivity contribution >= 4 is 0 Å². The second-order valence-electron chi connectivity index (χ2n) is 9.14. The predicted molar refractivity (Wildman–Crippen MR) is 104 cm³/mol. The Morgan fingerprint density at radius 1 is 0.964 bits per heavy atom. The van der Waals surface area contributed by atoms with Gasteiger partial charge < -0.3 is 18.5 Å². The Kier molecular flexibility index (Phi) is 7.48. The van der Waals surface area contributed by atoms with Crippen LogP contribution in [0.25, 0.3) is 0 Å². The van der Waals surface area contributed by atoms with Gasteiger partial charge in [-0.15, -0.1) is 0 Å². The maximum absolute atomic E-state index is 11.9. The number of hydrogen-bond donors (Lipinski definition) is 2. The fourth-order valence-corrected chi connectivity index (χ4v) is 2.99. The van der Waals surface area contributed by atoms with Crippen LogP contribution in [-0.2, 0) is 15.9 Å². The van der Waals surface area contributed by atoms with E-state index in [9.17, 15) is 9.59 Å². The lowest BCUT2D eigenvalue weighted by atomic mass is 9.84. The second-order valence-corrected chi connectivity index (χ2v) is 9.14. The monoisotopic (exact) mass is 396 g/mol. The normalized spacial score (nSPS) is 13.8.